The Morgan fingerprint density at radius 2 is 1.81 bits per heavy atom. The van der Waals surface area contributed by atoms with Crippen molar-refractivity contribution in [3.8, 4) is 0 Å². The summed E-state index contributed by atoms with van der Waals surface area (Å²) in [7, 11) is 0. The molecule has 0 saturated carbocycles. The van der Waals surface area contributed by atoms with Crippen LogP contribution in [0.15, 0.2) is 36.8 Å². The van der Waals surface area contributed by atoms with Crippen molar-refractivity contribution >= 4 is 11.8 Å². The van der Waals surface area contributed by atoms with Crippen molar-refractivity contribution in [3.63, 3.8) is 0 Å². The summed E-state index contributed by atoms with van der Waals surface area (Å²) < 4.78 is 0. The second-order valence-electron chi connectivity index (χ2n) is 5.01. The lowest BCUT2D eigenvalue weighted by atomic mass is 10.2. The fraction of sp³-hybridized carbons (Fsp3) is 0.357. The SMILES string of the molecule is NNc1ccc(CN2CCN(c3ncccn3)CC2)cn1. The highest BCUT2D eigenvalue weighted by molar-refractivity contribution is 5.34. The van der Waals surface area contributed by atoms with Gasteiger partial charge in [-0.25, -0.2) is 20.8 Å². The highest BCUT2D eigenvalue weighted by Crippen LogP contribution is 2.12. The minimum absolute atomic E-state index is 0.685. The van der Waals surface area contributed by atoms with Crippen LogP contribution in [0.2, 0.25) is 0 Å². The second kappa shape index (κ2) is 6.47. The molecule has 2 aromatic rings. The van der Waals surface area contributed by atoms with Gasteiger partial charge >= 0.3 is 0 Å². The van der Waals surface area contributed by atoms with Crippen LogP contribution >= 0.6 is 0 Å². The fourth-order valence-corrected chi connectivity index (χ4v) is 2.42. The summed E-state index contributed by atoms with van der Waals surface area (Å²) in [5, 5.41) is 0. The van der Waals surface area contributed by atoms with Crippen LogP contribution in [-0.2, 0) is 6.54 Å². The van der Waals surface area contributed by atoms with Crippen LogP contribution in [0.3, 0.4) is 0 Å². The molecule has 1 aliphatic heterocycles. The number of anilines is 2. The van der Waals surface area contributed by atoms with E-state index in [0.717, 1.165) is 38.7 Å². The fourth-order valence-electron chi connectivity index (χ4n) is 2.42. The van der Waals surface area contributed by atoms with E-state index in [1.54, 1.807) is 12.4 Å². The first-order valence-corrected chi connectivity index (χ1v) is 7.01. The van der Waals surface area contributed by atoms with Gasteiger partial charge in [-0.1, -0.05) is 6.07 Å². The van der Waals surface area contributed by atoms with Gasteiger partial charge in [-0.2, -0.15) is 0 Å². The molecule has 3 rings (SSSR count). The molecule has 7 nitrogen and oxygen atoms in total. The van der Waals surface area contributed by atoms with Gasteiger partial charge in [0.25, 0.3) is 0 Å². The minimum Gasteiger partial charge on any atom is -0.338 e. The largest absolute Gasteiger partial charge is 0.338 e. The average molecular weight is 285 g/mol. The Balaban J connectivity index is 1.53. The van der Waals surface area contributed by atoms with Crippen LogP contribution in [0.5, 0.6) is 0 Å². The number of nitrogens with two attached hydrogens (primary N) is 1. The third-order valence-corrected chi connectivity index (χ3v) is 3.59. The van der Waals surface area contributed by atoms with E-state index in [2.05, 4.69) is 36.2 Å². The minimum atomic E-state index is 0.685. The van der Waals surface area contributed by atoms with Crippen molar-refractivity contribution < 1.29 is 0 Å². The average Bonchev–Trinajstić information content (AvgIpc) is 2.57. The number of rotatable bonds is 4. The quantitative estimate of drug-likeness (QED) is 0.624. The van der Waals surface area contributed by atoms with Gasteiger partial charge in [-0.3, -0.25) is 4.90 Å². The normalized spacial score (nSPS) is 16.0. The molecule has 3 N–H and O–H groups in total. The molecular weight excluding hydrogens is 266 g/mol. The van der Waals surface area contributed by atoms with Crippen LogP contribution in [0.1, 0.15) is 5.56 Å². The van der Waals surface area contributed by atoms with Gasteiger partial charge in [-0.15, -0.1) is 0 Å². The molecular formula is C14H19N7. The number of nitrogen functional groups attached to an aromatic ring is 1. The monoisotopic (exact) mass is 285 g/mol. The number of hydrazine groups is 1. The predicted octanol–water partition coefficient (Wildman–Crippen LogP) is 0.479. The molecule has 0 aliphatic carbocycles. The van der Waals surface area contributed by atoms with Gasteiger partial charge in [0.2, 0.25) is 5.95 Å². The zero-order valence-electron chi connectivity index (χ0n) is 11.8. The molecule has 7 heteroatoms. The summed E-state index contributed by atoms with van der Waals surface area (Å²) in [5.41, 5.74) is 3.73. The van der Waals surface area contributed by atoms with E-state index in [1.165, 1.54) is 5.56 Å². The molecule has 0 amide bonds. The van der Waals surface area contributed by atoms with E-state index < -0.39 is 0 Å². The molecule has 110 valence electrons. The number of piperazine rings is 1. The predicted molar refractivity (Wildman–Crippen MR) is 81.6 cm³/mol. The summed E-state index contributed by atoms with van der Waals surface area (Å²) >= 11 is 0. The van der Waals surface area contributed by atoms with Gasteiger partial charge in [0.05, 0.1) is 0 Å². The van der Waals surface area contributed by atoms with Crippen molar-refractivity contribution in [1.82, 2.24) is 19.9 Å². The second-order valence-corrected chi connectivity index (χ2v) is 5.01. The molecule has 1 aliphatic rings. The van der Waals surface area contributed by atoms with Crippen molar-refractivity contribution in [2.45, 2.75) is 6.54 Å². The molecule has 1 saturated heterocycles. The van der Waals surface area contributed by atoms with Crippen molar-refractivity contribution in [2.24, 2.45) is 5.84 Å². The zero-order chi connectivity index (χ0) is 14.5. The van der Waals surface area contributed by atoms with E-state index in [1.807, 2.05) is 18.3 Å². The molecule has 21 heavy (non-hydrogen) atoms. The Labute approximate surface area is 123 Å². The first kappa shape index (κ1) is 13.7. The standard InChI is InChI=1S/C14H19N7/c15-19-13-3-2-12(10-18-13)11-20-6-8-21(9-7-20)14-16-4-1-5-17-14/h1-5,10H,6-9,11,15H2,(H,18,19). The maximum absolute atomic E-state index is 5.31. The number of nitrogens with zero attached hydrogens (tertiary/aromatic N) is 5. The number of hydrogen-bond acceptors (Lipinski definition) is 7. The molecule has 0 atom stereocenters. The Hall–Kier alpha value is -2.25. The van der Waals surface area contributed by atoms with Crippen molar-refractivity contribution in [2.75, 3.05) is 36.5 Å². The number of hydrogen-bond donors (Lipinski definition) is 2. The maximum Gasteiger partial charge on any atom is 0.225 e. The van der Waals surface area contributed by atoms with Crippen LogP contribution in [0.25, 0.3) is 0 Å². The molecule has 0 radical (unpaired) electrons. The third kappa shape index (κ3) is 3.45. The lowest BCUT2D eigenvalue weighted by molar-refractivity contribution is 0.248. The smallest absolute Gasteiger partial charge is 0.225 e. The Morgan fingerprint density at radius 3 is 2.43 bits per heavy atom. The Bertz CT molecular complexity index is 549. The van der Waals surface area contributed by atoms with Gasteiger partial charge < -0.3 is 10.3 Å². The molecule has 0 unspecified atom stereocenters. The van der Waals surface area contributed by atoms with Crippen LogP contribution in [-0.4, -0.2) is 46.0 Å². The highest BCUT2D eigenvalue weighted by Gasteiger charge is 2.18. The first-order valence-electron chi connectivity index (χ1n) is 7.01. The van der Waals surface area contributed by atoms with Gasteiger partial charge in [-0.05, 0) is 17.7 Å². The summed E-state index contributed by atoms with van der Waals surface area (Å²) in [6.07, 6.45) is 5.43. The van der Waals surface area contributed by atoms with E-state index in [4.69, 9.17) is 5.84 Å². The van der Waals surface area contributed by atoms with Crippen LogP contribution in [0.4, 0.5) is 11.8 Å². The summed E-state index contributed by atoms with van der Waals surface area (Å²) in [6.45, 7) is 4.78. The molecule has 0 spiro atoms. The topological polar surface area (TPSA) is 83.2 Å². The van der Waals surface area contributed by atoms with E-state index in [9.17, 15) is 0 Å². The van der Waals surface area contributed by atoms with E-state index in [-0.39, 0.29) is 0 Å². The van der Waals surface area contributed by atoms with Crippen molar-refractivity contribution in [3.05, 3.63) is 42.4 Å². The number of aromatic nitrogens is 3. The van der Waals surface area contributed by atoms with E-state index in [0.29, 0.717) is 5.82 Å². The van der Waals surface area contributed by atoms with Gasteiger partial charge in [0, 0.05) is 51.3 Å². The Kier molecular flexibility index (Phi) is 4.23. The van der Waals surface area contributed by atoms with Crippen LogP contribution < -0.4 is 16.2 Å². The first-order chi connectivity index (χ1) is 10.3. The lowest BCUT2D eigenvalue weighted by Gasteiger charge is -2.34. The summed E-state index contributed by atoms with van der Waals surface area (Å²) in [4.78, 5) is 17.5. The lowest BCUT2D eigenvalue weighted by Crippen LogP contribution is -2.46. The summed E-state index contributed by atoms with van der Waals surface area (Å²) in [5.74, 6) is 6.82. The van der Waals surface area contributed by atoms with Gasteiger partial charge in [0.1, 0.15) is 5.82 Å². The zero-order valence-corrected chi connectivity index (χ0v) is 11.8. The van der Waals surface area contributed by atoms with E-state index >= 15 is 0 Å². The number of pyridine rings is 1. The third-order valence-electron chi connectivity index (χ3n) is 3.59. The molecule has 0 bridgehead atoms. The summed E-state index contributed by atoms with van der Waals surface area (Å²) in [6, 6.07) is 5.78. The molecule has 1 fully saturated rings. The Morgan fingerprint density at radius 1 is 1.05 bits per heavy atom. The highest BCUT2D eigenvalue weighted by atomic mass is 15.3. The maximum atomic E-state index is 5.31. The molecule has 0 aromatic carbocycles. The van der Waals surface area contributed by atoms with Crippen molar-refractivity contribution in [1.29, 1.82) is 0 Å². The van der Waals surface area contributed by atoms with Gasteiger partial charge in [0.15, 0.2) is 0 Å². The van der Waals surface area contributed by atoms with Crippen LogP contribution in [0, 0.1) is 0 Å². The number of nitrogens with one attached hydrogen (secondary N) is 1. The molecule has 3 heterocycles. The molecule has 2 aromatic heterocycles.